The van der Waals surface area contributed by atoms with Crippen LogP contribution >= 0.6 is 0 Å². The van der Waals surface area contributed by atoms with Crippen molar-refractivity contribution in [3.05, 3.63) is 58.9 Å². The lowest BCUT2D eigenvalue weighted by Crippen LogP contribution is -2.46. The molecule has 212 valence electrons. The lowest BCUT2D eigenvalue weighted by molar-refractivity contribution is 0.372. The van der Waals surface area contributed by atoms with Crippen molar-refractivity contribution in [2.24, 2.45) is 9.98 Å². The van der Waals surface area contributed by atoms with E-state index in [1.165, 1.54) is 55.4 Å². The Balaban J connectivity index is 0.00000172. The molecule has 7 nitrogen and oxygen atoms in total. The Bertz CT molecular complexity index is 1160. The Morgan fingerprint density at radius 3 is 2.56 bits per heavy atom. The van der Waals surface area contributed by atoms with Gasteiger partial charge in [-0.1, -0.05) is 64.3 Å². The van der Waals surface area contributed by atoms with Gasteiger partial charge >= 0.3 is 0 Å². The first kappa shape index (κ1) is 28.9. The van der Waals surface area contributed by atoms with Crippen LogP contribution in [0, 0.1) is 0 Å². The van der Waals surface area contributed by atoms with Crippen LogP contribution in [-0.4, -0.2) is 66.6 Å². The van der Waals surface area contributed by atoms with E-state index in [9.17, 15) is 5.11 Å². The van der Waals surface area contributed by atoms with E-state index < -0.39 is 0 Å². The monoisotopic (exact) mass is 532 g/mol. The lowest BCUT2D eigenvalue weighted by atomic mass is 9.88. The van der Waals surface area contributed by atoms with Crippen molar-refractivity contribution in [3.8, 4) is 0 Å². The highest BCUT2D eigenvalue weighted by molar-refractivity contribution is 6.17. The van der Waals surface area contributed by atoms with Gasteiger partial charge in [-0.05, 0) is 56.4 Å². The Labute approximate surface area is 235 Å². The molecule has 0 radical (unpaired) electrons. The third-order valence-electron chi connectivity index (χ3n) is 8.33. The Morgan fingerprint density at radius 1 is 1.13 bits per heavy atom. The minimum absolute atomic E-state index is 0.151. The molecule has 2 atom stereocenters. The number of hydrogen-bond acceptors (Lipinski definition) is 7. The van der Waals surface area contributed by atoms with Crippen LogP contribution in [0.5, 0.6) is 0 Å². The fourth-order valence-corrected chi connectivity index (χ4v) is 6.19. The van der Waals surface area contributed by atoms with Crippen molar-refractivity contribution in [1.29, 1.82) is 0 Å². The summed E-state index contributed by atoms with van der Waals surface area (Å²) in [7, 11) is 1.90. The van der Waals surface area contributed by atoms with Crippen molar-refractivity contribution in [1.82, 2.24) is 15.5 Å². The number of anilines is 1. The number of aliphatic imine (C=N–C) groups is 2. The molecule has 4 aliphatic heterocycles. The van der Waals surface area contributed by atoms with E-state index in [1.807, 2.05) is 25.8 Å². The number of aliphatic hydroxyl groups is 1. The number of guanidine groups is 1. The fraction of sp³-hybridized carbons (Fsp3) is 0.562. The van der Waals surface area contributed by atoms with Crippen molar-refractivity contribution < 1.29 is 5.11 Å². The van der Waals surface area contributed by atoms with Crippen LogP contribution in [0.25, 0.3) is 5.70 Å². The molecule has 2 fully saturated rings. The maximum Gasteiger partial charge on any atom is 0.200 e. The molecule has 0 bridgehead atoms. The van der Waals surface area contributed by atoms with E-state index in [0.29, 0.717) is 18.1 Å². The third kappa shape index (κ3) is 6.08. The molecular formula is C32H48N6O. The molecule has 3 N–H and O–H groups in total. The average molecular weight is 533 g/mol. The van der Waals surface area contributed by atoms with E-state index in [0.717, 1.165) is 31.2 Å². The van der Waals surface area contributed by atoms with Crippen molar-refractivity contribution >= 4 is 23.2 Å². The molecule has 5 rings (SSSR count). The van der Waals surface area contributed by atoms with Crippen molar-refractivity contribution in [2.45, 2.75) is 84.7 Å². The van der Waals surface area contributed by atoms with Gasteiger partial charge in [-0.25, -0.2) is 4.99 Å². The van der Waals surface area contributed by atoms with E-state index in [-0.39, 0.29) is 17.3 Å². The number of hydrogen-bond donors (Lipinski definition) is 3. The molecule has 1 aromatic carbocycles. The number of likely N-dealkylation sites (N-methyl/N-ethyl adjacent to an activating group) is 1. The predicted molar refractivity (Wildman–Crippen MR) is 166 cm³/mol. The molecule has 39 heavy (non-hydrogen) atoms. The summed E-state index contributed by atoms with van der Waals surface area (Å²) in [4.78, 5) is 13.8. The van der Waals surface area contributed by atoms with Gasteiger partial charge in [-0.2, -0.15) is 0 Å². The minimum atomic E-state index is 0.151. The zero-order chi connectivity index (χ0) is 28.0. The normalized spacial score (nSPS) is 26.9. The maximum atomic E-state index is 10.9. The minimum Gasteiger partial charge on any atom is -0.503 e. The number of aliphatic hydroxyl groups excluding tert-OH is 1. The highest BCUT2D eigenvalue weighted by Gasteiger charge is 2.34. The Kier molecular flexibility index (Phi) is 9.54. The molecule has 2 unspecified atom stereocenters. The first-order valence-electron chi connectivity index (χ1n) is 15.0. The van der Waals surface area contributed by atoms with Gasteiger partial charge in [0.1, 0.15) is 5.70 Å². The highest BCUT2D eigenvalue weighted by atomic mass is 16.3. The smallest absolute Gasteiger partial charge is 0.200 e. The van der Waals surface area contributed by atoms with E-state index in [1.54, 1.807) is 0 Å². The van der Waals surface area contributed by atoms with E-state index in [4.69, 9.17) is 0 Å². The number of rotatable bonds is 5. The van der Waals surface area contributed by atoms with Crippen molar-refractivity contribution in [2.75, 3.05) is 38.1 Å². The Hall–Kier alpha value is -3.06. The molecule has 4 heterocycles. The molecule has 7 heteroatoms. The first-order chi connectivity index (χ1) is 18.9. The molecule has 1 aromatic rings. The zero-order valence-corrected chi connectivity index (χ0v) is 24.8. The second-order valence-corrected chi connectivity index (χ2v) is 11.0. The molecule has 0 aliphatic carbocycles. The summed E-state index contributed by atoms with van der Waals surface area (Å²) >= 11 is 0. The molecule has 0 aromatic heterocycles. The zero-order valence-electron chi connectivity index (χ0n) is 24.8. The van der Waals surface area contributed by atoms with Crippen LogP contribution in [0.1, 0.15) is 78.7 Å². The van der Waals surface area contributed by atoms with Gasteiger partial charge < -0.3 is 20.6 Å². The van der Waals surface area contributed by atoms with Gasteiger partial charge in [-0.15, -0.1) is 0 Å². The summed E-state index contributed by atoms with van der Waals surface area (Å²) in [5, 5.41) is 17.8. The summed E-state index contributed by atoms with van der Waals surface area (Å²) in [6.45, 7) is 14.4. The van der Waals surface area contributed by atoms with Crippen LogP contribution in [0.2, 0.25) is 0 Å². The number of nitrogens with one attached hydrogen (secondary N) is 2. The molecule has 2 saturated heterocycles. The number of nitrogens with zero attached hydrogens (tertiary/aromatic N) is 4. The van der Waals surface area contributed by atoms with Crippen molar-refractivity contribution in [3.63, 3.8) is 0 Å². The van der Waals surface area contributed by atoms with Crippen LogP contribution < -0.4 is 15.5 Å². The topological polar surface area (TPSA) is 75.5 Å². The van der Waals surface area contributed by atoms with Gasteiger partial charge in [0, 0.05) is 43.5 Å². The predicted octanol–water partition coefficient (Wildman–Crippen LogP) is 6.03. The standard InChI is InChI=1S/C30H42N6O.C2H6/c1-5-14-30(3)15-8-7-9-16-36(30)25-12-10-22(11-13-25)26-27(37)28(34-26)35(4)29-32-20-24(33-29)17-23-19-31-18-21(23)6-2;1-2/h6,10-13,17,24,31,37H,5,7-9,14-16,18-20H2,1-4H3,(H,32,33);1-2H3/b21-6-,23-17-;. The van der Waals surface area contributed by atoms with Crippen LogP contribution in [0.15, 0.2) is 63.3 Å². The summed E-state index contributed by atoms with van der Waals surface area (Å²) in [5.41, 5.74) is 5.77. The summed E-state index contributed by atoms with van der Waals surface area (Å²) in [5.74, 6) is 1.52. The fourth-order valence-electron chi connectivity index (χ4n) is 6.19. The molecule has 0 spiro atoms. The highest BCUT2D eigenvalue weighted by Crippen LogP contribution is 2.37. The maximum absolute atomic E-state index is 10.9. The second-order valence-electron chi connectivity index (χ2n) is 11.0. The van der Waals surface area contributed by atoms with E-state index in [2.05, 4.69) is 82.7 Å². The van der Waals surface area contributed by atoms with E-state index >= 15 is 0 Å². The summed E-state index contributed by atoms with van der Waals surface area (Å²) < 4.78 is 0. The summed E-state index contributed by atoms with van der Waals surface area (Å²) in [6, 6.07) is 8.74. The lowest BCUT2D eigenvalue weighted by Gasteiger charge is -2.42. The first-order valence-corrected chi connectivity index (χ1v) is 15.0. The van der Waals surface area contributed by atoms with Gasteiger partial charge in [0.25, 0.3) is 0 Å². The van der Waals surface area contributed by atoms with Gasteiger partial charge in [0.05, 0.1) is 12.6 Å². The van der Waals surface area contributed by atoms with Crippen LogP contribution in [0.3, 0.4) is 0 Å². The SMILES string of the molecule is C/C=C1/CNC/C1=C/C1CN=C(N(C)C2=NC(c3ccc(N4CCCCCC4(C)CCC)cc3)=C2O)N1.CC. The van der Waals surface area contributed by atoms with Gasteiger partial charge in [0.2, 0.25) is 0 Å². The summed E-state index contributed by atoms with van der Waals surface area (Å²) in [6.07, 6.45) is 12.0. The second kappa shape index (κ2) is 12.9. The average Bonchev–Trinajstić information content (AvgIpc) is 3.56. The largest absolute Gasteiger partial charge is 0.503 e. The molecular weight excluding hydrogens is 484 g/mol. The van der Waals surface area contributed by atoms with Gasteiger partial charge in [-0.3, -0.25) is 9.89 Å². The Morgan fingerprint density at radius 2 is 1.87 bits per heavy atom. The quantitative estimate of drug-likeness (QED) is 0.432. The van der Waals surface area contributed by atoms with Crippen LogP contribution in [0.4, 0.5) is 5.69 Å². The van der Waals surface area contributed by atoms with Gasteiger partial charge in [0.15, 0.2) is 17.6 Å². The number of amidine groups is 1. The van der Waals surface area contributed by atoms with Crippen LogP contribution in [-0.2, 0) is 0 Å². The number of benzene rings is 1. The third-order valence-corrected chi connectivity index (χ3v) is 8.33. The molecule has 0 saturated carbocycles. The number of allylic oxidation sites excluding steroid dienone is 1. The molecule has 0 amide bonds. The molecule has 4 aliphatic rings.